The smallest absolute Gasteiger partial charge is 0.226 e. The lowest BCUT2D eigenvalue weighted by Gasteiger charge is -2.10. The summed E-state index contributed by atoms with van der Waals surface area (Å²) in [5, 5.41) is 7.42. The predicted octanol–water partition coefficient (Wildman–Crippen LogP) is 3.45. The van der Waals surface area contributed by atoms with Crippen molar-refractivity contribution in [1.29, 1.82) is 0 Å². The molecule has 0 saturated heterocycles. The Balaban J connectivity index is 1.97. The Bertz CT molecular complexity index is 671. The highest BCUT2D eigenvalue weighted by molar-refractivity contribution is 5.91. The summed E-state index contributed by atoms with van der Waals surface area (Å²) in [5.74, 6) is 0.0205. The second kappa shape index (κ2) is 6.12. The average Bonchev–Trinajstić information content (AvgIpc) is 2.67. The van der Waals surface area contributed by atoms with Crippen molar-refractivity contribution in [2.45, 2.75) is 47.6 Å². The van der Waals surface area contributed by atoms with Crippen molar-refractivity contribution < 1.29 is 4.79 Å². The van der Waals surface area contributed by atoms with E-state index in [0.29, 0.717) is 13.0 Å². The van der Waals surface area contributed by atoms with Crippen LogP contribution in [-0.2, 0) is 11.3 Å². The lowest BCUT2D eigenvalue weighted by Crippen LogP contribution is -2.16. The second-order valence-corrected chi connectivity index (χ2v) is 5.64. The Morgan fingerprint density at radius 3 is 2.48 bits per heavy atom. The minimum Gasteiger partial charge on any atom is -0.326 e. The summed E-state index contributed by atoms with van der Waals surface area (Å²) in [4.78, 5) is 12.1. The molecule has 4 heteroatoms. The zero-order valence-electron chi connectivity index (χ0n) is 13.4. The van der Waals surface area contributed by atoms with Crippen LogP contribution in [0.2, 0.25) is 0 Å². The molecular formula is C17H23N3O. The highest BCUT2D eigenvalue weighted by Gasteiger charge is 2.10. The van der Waals surface area contributed by atoms with E-state index in [9.17, 15) is 4.79 Å². The molecule has 0 aliphatic heterocycles. The fourth-order valence-corrected chi connectivity index (χ4v) is 2.38. The Hall–Kier alpha value is -2.10. The van der Waals surface area contributed by atoms with Crippen molar-refractivity contribution in [2.24, 2.45) is 0 Å². The van der Waals surface area contributed by atoms with Gasteiger partial charge in [0.1, 0.15) is 0 Å². The molecule has 0 aliphatic rings. The Kier molecular flexibility index (Phi) is 4.46. The van der Waals surface area contributed by atoms with Crippen LogP contribution >= 0.6 is 0 Å². The molecule has 1 N–H and O–H groups in total. The second-order valence-electron chi connectivity index (χ2n) is 5.64. The van der Waals surface area contributed by atoms with E-state index in [2.05, 4.69) is 23.4 Å². The van der Waals surface area contributed by atoms with E-state index in [1.807, 2.05) is 44.5 Å². The van der Waals surface area contributed by atoms with Crippen LogP contribution in [0.5, 0.6) is 0 Å². The number of aryl methyl sites for hydroxylation is 4. The molecule has 1 aromatic heterocycles. The van der Waals surface area contributed by atoms with Gasteiger partial charge >= 0.3 is 0 Å². The lowest BCUT2D eigenvalue weighted by molar-refractivity contribution is -0.116. The lowest BCUT2D eigenvalue weighted by atomic mass is 10.1. The third-order valence-electron chi connectivity index (χ3n) is 3.95. The fourth-order valence-electron chi connectivity index (χ4n) is 2.38. The number of nitrogens with one attached hydrogen (secondary N) is 1. The number of benzene rings is 1. The molecule has 0 radical (unpaired) electrons. The molecular weight excluding hydrogens is 262 g/mol. The zero-order chi connectivity index (χ0) is 15.6. The number of amides is 1. The van der Waals surface area contributed by atoms with Crippen LogP contribution in [0.25, 0.3) is 0 Å². The van der Waals surface area contributed by atoms with Crippen molar-refractivity contribution in [2.75, 3.05) is 5.32 Å². The summed E-state index contributed by atoms with van der Waals surface area (Å²) < 4.78 is 1.91. The highest BCUT2D eigenvalue weighted by Crippen LogP contribution is 2.16. The Morgan fingerprint density at radius 2 is 1.90 bits per heavy atom. The molecule has 0 spiro atoms. The van der Waals surface area contributed by atoms with Crippen LogP contribution in [0.4, 0.5) is 5.69 Å². The van der Waals surface area contributed by atoms with E-state index in [0.717, 1.165) is 22.6 Å². The summed E-state index contributed by atoms with van der Waals surface area (Å²) in [6, 6.07) is 6.03. The van der Waals surface area contributed by atoms with E-state index in [1.54, 1.807) is 0 Å². The summed E-state index contributed by atoms with van der Waals surface area (Å²) >= 11 is 0. The van der Waals surface area contributed by atoms with E-state index in [1.165, 1.54) is 11.1 Å². The maximum atomic E-state index is 12.1. The first kappa shape index (κ1) is 15.3. The van der Waals surface area contributed by atoms with Crippen LogP contribution in [-0.4, -0.2) is 15.7 Å². The van der Waals surface area contributed by atoms with E-state index >= 15 is 0 Å². The normalized spacial score (nSPS) is 10.7. The Labute approximate surface area is 126 Å². The van der Waals surface area contributed by atoms with Gasteiger partial charge in [-0.25, -0.2) is 0 Å². The maximum absolute atomic E-state index is 12.1. The third-order valence-corrected chi connectivity index (χ3v) is 3.95. The first-order chi connectivity index (χ1) is 9.88. The van der Waals surface area contributed by atoms with Crippen molar-refractivity contribution in [3.05, 3.63) is 46.3 Å². The van der Waals surface area contributed by atoms with Crippen LogP contribution in [0.1, 0.15) is 34.5 Å². The summed E-state index contributed by atoms with van der Waals surface area (Å²) in [6.07, 6.45) is 0.425. The third kappa shape index (κ3) is 3.51. The Morgan fingerprint density at radius 1 is 1.19 bits per heavy atom. The largest absolute Gasteiger partial charge is 0.326 e. The number of rotatable bonds is 4. The number of hydrogen-bond donors (Lipinski definition) is 1. The molecule has 0 aliphatic carbocycles. The molecule has 0 unspecified atom stereocenters. The molecule has 0 bridgehead atoms. The minimum atomic E-state index is 0.0205. The molecule has 21 heavy (non-hydrogen) atoms. The summed E-state index contributed by atoms with van der Waals surface area (Å²) in [6.45, 7) is 10.8. The van der Waals surface area contributed by atoms with Gasteiger partial charge in [-0.05, 0) is 51.8 Å². The van der Waals surface area contributed by atoms with Crippen molar-refractivity contribution in [3.63, 3.8) is 0 Å². The molecule has 0 fully saturated rings. The SMILES string of the molecule is Cc1ccc(NC(=O)CCn2nc(C)c(C)c2C)c(C)c1. The number of aromatic nitrogens is 2. The maximum Gasteiger partial charge on any atom is 0.226 e. The fraction of sp³-hybridized carbons (Fsp3) is 0.412. The average molecular weight is 285 g/mol. The quantitative estimate of drug-likeness (QED) is 0.935. The van der Waals surface area contributed by atoms with Crippen molar-refractivity contribution in [1.82, 2.24) is 9.78 Å². The molecule has 4 nitrogen and oxygen atoms in total. The van der Waals surface area contributed by atoms with Gasteiger partial charge in [0.25, 0.3) is 0 Å². The van der Waals surface area contributed by atoms with Gasteiger partial charge in [-0.15, -0.1) is 0 Å². The molecule has 1 amide bonds. The molecule has 0 saturated carbocycles. The van der Waals surface area contributed by atoms with Gasteiger partial charge in [-0.3, -0.25) is 9.48 Å². The number of hydrogen-bond acceptors (Lipinski definition) is 2. The van der Waals surface area contributed by atoms with E-state index < -0.39 is 0 Å². The number of anilines is 1. The summed E-state index contributed by atoms with van der Waals surface area (Å²) in [7, 11) is 0. The molecule has 112 valence electrons. The molecule has 2 rings (SSSR count). The van der Waals surface area contributed by atoms with Gasteiger partial charge in [0, 0.05) is 24.3 Å². The van der Waals surface area contributed by atoms with Crippen LogP contribution < -0.4 is 5.32 Å². The van der Waals surface area contributed by atoms with Crippen LogP contribution in [0, 0.1) is 34.6 Å². The number of carbonyl (C=O) groups is 1. The minimum absolute atomic E-state index is 0.0205. The standard InChI is InChI=1S/C17H23N3O/c1-11-6-7-16(12(2)10-11)18-17(21)8-9-20-15(5)13(3)14(4)19-20/h6-7,10H,8-9H2,1-5H3,(H,18,21). The zero-order valence-corrected chi connectivity index (χ0v) is 13.4. The first-order valence-corrected chi connectivity index (χ1v) is 7.26. The molecule has 1 heterocycles. The topological polar surface area (TPSA) is 46.9 Å². The van der Waals surface area contributed by atoms with Gasteiger partial charge in [-0.2, -0.15) is 5.10 Å². The van der Waals surface area contributed by atoms with E-state index in [4.69, 9.17) is 0 Å². The number of carbonyl (C=O) groups excluding carboxylic acids is 1. The predicted molar refractivity (Wildman–Crippen MR) is 85.6 cm³/mol. The van der Waals surface area contributed by atoms with Gasteiger partial charge < -0.3 is 5.32 Å². The molecule has 2 aromatic rings. The first-order valence-electron chi connectivity index (χ1n) is 7.26. The van der Waals surface area contributed by atoms with E-state index in [-0.39, 0.29) is 5.91 Å². The van der Waals surface area contributed by atoms with Gasteiger partial charge in [0.05, 0.1) is 5.69 Å². The number of nitrogens with zero attached hydrogens (tertiary/aromatic N) is 2. The van der Waals surface area contributed by atoms with Gasteiger partial charge in [0.2, 0.25) is 5.91 Å². The van der Waals surface area contributed by atoms with Crippen molar-refractivity contribution >= 4 is 11.6 Å². The molecule has 0 atom stereocenters. The monoisotopic (exact) mass is 285 g/mol. The highest BCUT2D eigenvalue weighted by atomic mass is 16.1. The van der Waals surface area contributed by atoms with Gasteiger partial charge in [-0.1, -0.05) is 17.7 Å². The summed E-state index contributed by atoms with van der Waals surface area (Å²) in [5.41, 5.74) is 6.53. The van der Waals surface area contributed by atoms with Crippen molar-refractivity contribution in [3.8, 4) is 0 Å². The van der Waals surface area contributed by atoms with Crippen LogP contribution in [0.3, 0.4) is 0 Å². The molecule has 1 aromatic carbocycles. The van der Waals surface area contributed by atoms with Crippen LogP contribution in [0.15, 0.2) is 18.2 Å². The van der Waals surface area contributed by atoms with Gasteiger partial charge in [0.15, 0.2) is 0 Å².